The van der Waals surface area contributed by atoms with E-state index in [1.807, 2.05) is 0 Å². The van der Waals surface area contributed by atoms with Gasteiger partial charge in [-0.25, -0.2) is 5.26 Å². The predicted octanol–water partition coefficient (Wildman–Crippen LogP) is 3.13. The van der Waals surface area contributed by atoms with Gasteiger partial charge in [-0.2, -0.15) is 0 Å². The zero-order valence-electron chi connectivity index (χ0n) is 10.5. The normalized spacial score (nSPS) is 30.1. The summed E-state index contributed by atoms with van der Waals surface area (Å²) in [7, 11) is 0. The number of allylic oxidation sites excluding steroid dienone is 5. The van der Waals surface area contributed by atoms with Crippen LogP contribution in [0.25, 0.3) is 0 Å². The zero-order chi connectivity index (χ0) is 13.3. The third kappa shape index (κ3) is 1.39. The predicted molar refractivity (Wildman–Crippen MR) is 74.2 cm³/mol. The van der Waals surface area contributed by atoms with E-state index in [0.717, 1.165) is 18.3 Å². The summed E-state index contributed by atoms with van der Waals surface area (Å²) in [5, 5.41) is 9.28. The molecule has 1 aliphatic carbocycles. The van der Waals surface area contributed by atoms with Gasteiger partial charge >= 0.3 is 0 Å². The van der Waals surface area contributed by atoms with Gasteiger partial charge in [0.25, 0.3) is 6.71 Å². The fourth-order valence-corrected chi connectivity index (χ4v) is 3.62. The van der Waals surface area contributed by atoms with Crippen molar-refractivity contribution in [2.24, 2.45) is 5.41 Å². The van der Waals surface area contributed by atoms with Crippen LogP contribution in [0.4, 0.5) is 0 Å². The minimum Gasteiger partial charge on any atom is -0.294 e. The number of hydrogen-bond donors (Lipinski definition) is 0. The molecule has 1 fully saturated rings. The Bertz CT molecular complexity index is 511. The minimum atomic E-state index is -0.463. The van der Waals surface area contributed by atoms with Crippen LogP contribution in [0.1, 0.15) is 12.8 Å². The third-order valence-electron chi connectivity index (χ3n) is 4.34. The van der Waals surface area contributed by atoms with Crippen LogP contribution in [0.2, 0.25) is 12.1 Å². The maximum Gasteiger partial charge on any atom is 0.276 e. The largest absolute Gasteiger partial charge is 0.294 e. The van der Waals surface area contributed by atoms with Crippen LogP contribution >= 0.6 is 0 Å². The molecule has 0 N–H and O–H groups in total. The summed E-state index contributed by atoms with van der Waals surface area (Å²) < 4.78 is 0. The molecule has 1 heterocycles. The molecule has 0 spiro atoms. The van der Waals surface area contributed by atoms with Crippen LogP contribution in [0.5, 0.6) is 0 Å². The van der Waals surface area contributed by atoms with Gasteiger partial charge in [0, 0.05) is 17.0 Å². The summed E-state index contributed by atoms with van der Waals surface area (Å²) in [5.41, 5.74) is 1.09. The van der Waals surface area contributed by atoms with Crippen molar-refractivity contribution in [3.63, 3.8) is 0 Å². The first-order valence-corrected chi connectivity index (χ1v) is 6.20. The van der Waals surface area contributed by atoms with E-state index >= 15 is 0 Å². The summed E-state index contributed by atoms with van der Waals surface area (Å²) in [5.74, 6) is 2.44. The Labute approximate surface area is 108 Å². The van der Waals surface area contributed by atoms with Crippen molar-refractivity contribution in [3.05, 3.63) is 49.1 Å². The van der Waals surface area contributed by atoms with Crippen LogP contribution in [0.15, 0.2) is 49.1 Å². The number of fused-ring (bicyclic) bond motifs is 1. The van der Waals surface area contributed by atoms with Crippen LogP contribution in [-0.4, -0.2) is 12.5 Å². The smallest absolute Gasteiger partial charge is 0.276 e. The van der Waals surface area contributed by atoms with Gasteiger partial charge in [-0.05, 0) is 24.2 Å². The molecule has 0 amide bonds. The lowest BCUT2D eigenvalue weighted by Crippen LogP contribution is -2.30. The average Bonchev–Trinajstić information content (AvgIpc) is 2.84. The van der Waals surface area contributed by atoms with Gasteiger partial charge in [0.1, 0.15) is 0 Å². The fourth-order valence-electron chi connectivity index (χ4n) is 3.62. The first-order chi connectivity index (χ1) is 8.66. The van der Waals surface area contributed by atoms with Crippen molar-refractivity contribution in [2.45, 2.75) is 25.0 Å². The molecule has 2 nitrogen and oxygen atoms in total. The lowest BCUT2D eigenvalue weighted by Gasteiger charge is -2.28. The molecule has 0 bridgehead atoms. The average molecular weight is 237 g/mol. The molecule has 90 valence electrons. The second-order valence-electron chi connectivity index (χ2n) is 5.01. The molecule has 2 atom stereocenters. The molecule has 1 saturated heterocycles. The number of carbonyl (C=O) groups is 1. The van der Waals surface area contributed by atoms with E-state index in [9.17, 15) is 10.1 Å². The quantitative estimate of drug-likeness (QED) is 0.556. The molecule has 2 rings (SSSR count). The highest BCUT2D eigenvalue weighted by Gasteiger charge is 2.59. The van der Waals surface area contributed by atoms with Crippen molar-refractivity contribution in [2.75, 3.05) is 0 Å². The minimum absolute atomic E-state index is 0.0292. The number of Topliss-reactive ketones (excluding diaryl/α,β-unsaturated/α-hetero) is 1. The van der Waals surface area contributed by atoms with Crippen molar-refractivity contribution < 1.29 is 4.79 Å². The van der Waals surface area contributed by atoms with E-state index in [4.69, 9.17) is 0 Å². The number of carbonyl (C=O) groups excluding carboxylic acids is 1. The molecule has 18 heavy (non-hydrogen) atoms. The highest BCUT2D eigenvalue weighted by Crippen LogP contribution is 2.60. The van der Waals surface area contributed by atoms with Crippen LogP contribution in [-0.2, 0) is 4.79 Å². The van der Waals surface area contributed by atoms with Gasteiger partial charge in [0.05, 0.1) is 0 Å². The molecule has 0 aromatic rings. The SMILES string of the molecule is C=CCC12CCB(C#N)C1C(C=C)=C(C=C)C2=O. The summed E-state index contributed by atoms with van der Waals surface area (Å²) in [4.78, 5) is 12.6. The van der Waals surface area contributed by atoms with Gasteiger partial charge in [0.15, 0.2) is 5.78 Å². The van der Waals surface area contributed by atoms with Crippen LogP contribution in [0, 0.1) is 16.6 Å². The van der Waals surface area contributed by atoms with Gasteiger partial charge in [-0.1, -0.05) is 37.7 Å². The maximum atomic E-state index is 12.6. The third-order valence-corrected chi connectivity index (χ3v) is 4.34. The summed E-state index contributed by atoms with van der Waals surface area (Å²) in [6.45, 7) is 11.2. The van der Waals surface area contributed by atoms with E-state index in [0.29, 0.717) is 12.0 Å². The highest BCUT2D eigenvalue weighted by molar-refractivity contribution is 6.71. The summed E-state index contributed by atoms with van der Waals surface area (Å²) >= 11 is 0. The Morgan fingerprint density at radius 3 is 2.67 bits per heavy atom. The highest BCUT2D eigenvalue weighted by atomic mass is 16.1. The molecular weight excluding hydrogens is 221 g/mol. The molecule has 0 saturated carbocycles. The van der Waals surface area contributed by atoms with Crippen molar-refractivity contribution in [1.82, 2.24) is 0 Å². The Morgan fingerprint density at radius 1 is 1.44 bits per heavy atom. The topological polar surface area (TPSA) is 40.9 Å². The fraction of sp³-hybridized carbons (Fsp3) is 0.333. The van der Waals surface area contributed by atoms with E-state index in [1.165, 1.54) is 0 Å². The molecule has 2 aliphatic rings. The van der Waals surface area contributed by atoms with Crippen LogP contribution in [0.3, 0.4) is 0 Å². The van der Waals surface area contributed by atoms with Gasteiger partial charge in [-0.3, -0.25) is 4.79 Å². The Morgan fingerprint density at radius 2 is 2.17 bits per heavy atom. The monoisotopic (exact) mass is 237 g/mol. The van der Waals surface area contributed by atoms with Crippen molar-refractivity contribution in [1.29, 1.82) is 5.26 Å². The second-order valence-corrected chi connectivity index (χ2v) is 5.01. The van der Waals surface area contributed by atoms with Gasteiger partial charge in [0.2, 0.25) is 0 Å². The molecule has 0 aromatic heterocycles. The number of rotatable bonds is 4. The first-order valence-electron chi connectivity index (χ1n) is 6.20. The maximum absolute atomic E-state index is 12.6. The van der Waals surface area contributed by atoms with E-state index in [2.05, 4.69) is 25.7 Å². The summed E-state index contributed by atoms with van der Waals surface area (Å²) in [6.07, 6.45) is 7.29. The molecular formula is C15H16BNO. The Kier molecular flexibility index (Phi) is 3.13. The van der Waals surface area contributed by atoms with Gasteiger partial charge in [-0.15, -0.1) is 6.58 Å². The van der Waals surface area contributed by atoms with Crippen molar-refractivity contribution in [3.8, 4) is 5.97 Å². The number of nitriles is 1. The Balaban J connectivity index is 2.60. The zero-order valence-corrected chi connectivity index (χ0v) is 10.5. The number of ketones is 1. The summed E-state index contributed by atoms with van der Waals surface area (Å²) in [6, 6.07) is 0. The number of nitrogens with zero attached hydrogens (tertiary/aromatic N) is 1. The number of hydrogen-bond acceptors (Lipinski definition) is 2. The van der Waals surface area contributed by atoms with Gasteiger partial charge < -0.3 is 0 Å². The molecule has 1 aliphatic heterocycles. The first kappa shape index (κ1) is 12.6. The van der Waals surface area contributed by atoms with E-state index in [1.54, 1.807) is 18.2 Å². The second kappa shape index (κ2) is 4.46. The van der Waals surface area contributed by atoms with Crippen LogP contribution < -0.4 is 0 Å². The van der Waals surface area contributed by atoms with E-state index in [-0.39, 0.29) is 18.3 Å². The molecule has 3 heteroatoms. The Hall–Kier alpha value is -1.82. The molecule has 2 unspecified atom stereocenters. The molecule has 0 aromatic carbocycles. The standard InChI is InChI=1S/C15H16BNO/c1-4-7-15-8-9-16(10-17)13(15)11(5-2)12(6-3)14(15)18/h4-6,13H,1-3,7-9H2. The lowest BCUT2D eigenvalue weighted by molar-refractivity contribution is -0.123. The lowest BCUT2D eigenvalue weighted by atomic mass is 9.40. The van der Waals surface area contributed by atoms with E-state index < -0.39 is 5.41 Å². The van der Waals surface area contributed by atoms with Crippen molar-refractivity contribution >= 4 is 12.5 Å². The molecule has 0 radical (unpaired) electrons.